The number of primary sulfonamides is 1. The van der Waals surface area contributed by atoms with E-state index in [0.717, 1.165) is 0 Å². The number of nitrogens with two attached hydrogens (primary N) is 1. The van der Waals surface area contributed by atoms with Crippen LogP contribution in [0, 0.1) is 0 Å². The van der Waals surface area contributed by atoms with Gasteiger partial charge in [-0.05, 0) is 48.5 Å². The first-order valence-electron chi connectivity index (χ1n) is 8.51. The van der Waals surface area contributed by atoms with E-state index in [1.54, 1.807) is 24.3 Å². The van der Waals surface area contributed by atoms with Gasteiger partial charge in [-0.2, -0.15) is 0 Å². The van der Waals surface area contributed by atoms with Crippen molar-refractivity contribution in [3.05, 3.63) is 86.0 Å². The van der Waals surface area contributed by atoms with Gasteiger partial charge in [-0.3, -0.25) is 4.79 Å². The minimum absolute atomic E-state index is 0.0662. The Morgan fingerprint density at radius 1 is 0.833 bits per heavy atom. The number of hydrogen-bond donors (Lipinski definition) is 1. The fourth-order valence-corrected chi connectivity index (χ4v) is 4.26. The van der Waals surface area contributed by atoms with E-state index in [0.29, 0.717) is 22.1 Å². The predicted octanol–water partition coefficient (Wildman–Crippen LogP) is 5.73. The van der Waals surface area contributed by atoms with E-state index in [1.165, 1.54) is 36.4 Å². The van der Waals surface area contributed by atoms with Gasteiger partial charge in [-0.25, -0.2) is 13.6 Å². The standard InChI is InChI=1S/C21H12Cl3NO4S/c22-15-10-17(24)16(23)9-14(15)19-20(26)13-3-1-2-4-18(13)29-21(19)11-5-7-12(8-6-11)30(25,27)28/h1-10H,(H2,25,27,28). The summed E-state index contributed by atoms with van der Waals surface area (Å²) < 4.78 is 29.2. The van der Waals surface area contributed by atoms with Crippen LogP contribution in [0.25, 0.3) is 33.4 Å². The molecular weight excluding hydrogens is 469 g/mol. The lowest BCUT2D eigenvalue weighted by atomic mass is 9.98. The van der Waals surface area contributed by atoms with Crippen LogP contribution in [-0.4, -0.2) is 8.42 Å². The highest BCUT2D eigenvalue weighted by atomic mass is 35.5. The van der Waals surface area contributed by atoms with Gasteiger partial charge in [0.05, 0.1) is 30.9 Å². The van der Waals surface area contributed by atoms with Crippen LogP contribution in [0.2, 0.25) is 15.1 Å². The van der Waals surface area contributed by atoms with Gasteiger partial charge in [0.25, 0.3) is 0 Å². The van der Waals surface area contributed by atoms with Crippen molar-refractivity contribution in [3.8, 4) is 22.5 Å². The second-order valence-electron chi connectivity index (χ2n) is 6.45. The van der Waals surface area contributed by atoms with Gasteiger partial charge in [-0.15, -0.1) is 0 Å². The lowest BCUT2D eigenvalue weighted by Gasteiger charge is -2.13. The third-order valence-electron chi connectivity index (χ3n) is 4.52. The molecule has 4 aromatic rings. The van der Waals surface area contributed by atoms with Crippen LogP contribution in [0.5, 0.6) is 0 Å². The highest BCUT2D eigenvalue weighted by molar-refractivity contribution is 7.89. The van der Waals surface area contributed by atoms with E-state index >= 15 is 0 Å². The van der Waals surface area contributed by atoms with Gasteiger partial charge in [-0.1, -0.05) is 46.9 Å². The Kier molecular flexibility index (Phi) is 5.38. The maximum Gasteiger partial charge on any atom is 0.238 e. The number of rotatable bonds is 3. The van der Waals surface area contributed by atoms with Crippen LogP contribution in [0.4, 0.5) is 0 Å². The molecular formula is C21H12Cl3NO4S. The lowest BCUT2D eigenvalue weighted by molar-refractivity contribution is 0.597. The first-order valence-corrected chi connectivity index (χ1v) is 11.2. The molecule has 4 rings (SSSR count). The molecule has 0 radical (unpaired) electrons. The maximum absolute atomic E-state index is 13.4. The van der Waals surface area contributed by atoms with Gasteiger partial charge < -0.3 is 4.42 Å². The molecule has 9 heteroatoms. The Morgan fingerprint density at radius 3 is 2.13 bits per heavy atom. The van der Waals surface area contributed by atoms with Crippen molar-refractivity contribution < 1.29 is 12.8 Å². The molecule has 0 spiro atoms. The summed E-state index contributed by atoms with van der Waals surface area (Å²) in [6.07, 6.45) is 0. The van der Waals surface area contributed by atoms with E-state index in [2.05, 4.69) is 0 Å². The van der Waals surface area contributed by atoms with Crippen LogP contribution in [-0.2, 0) is 10.0 Å². The molecule has 0 amide bonds. The van der Waals surface area contributed by atoms with Gasteiger partial charge in [0.1, 0.15) is 11.3 Å². The molecule has 1 aromatic heterocycles. The highest BCUT2D eigenvalue weighted by Crippen LogP contribution is 2.39. The van der Waals surface area contributed by atoms with Crippen molar-refractivity contribution in [2.24, 2.45) is 5.14 Å². The zero-order valence-electron chi connectivity index (χ0n) is 15.0. The second-order valence-corrected chi connectivity index (χ2v) is 9.23. The number of sulfonamides is 1. The molecule has 152 valence electrons. The zero-order valence-corrected chi connectivity index (χ0v) is 18.1. The summed E-state index contributed by atoms with van der Waals surface area (Å²) in [5.41, 5.74) is 1.04. The molecule has 0 aliphatic rings. The highest BCUT2D eigenvalue weighted by Gasteiger charge is 2.21. The molecule has 0 atom stereocenters. The molecule has 2 N–H and O–H groups in total. The molecule has 0 unspecified atom stereocenters. The molecule has 0 fully saturated rings. The summed E-state index contributed by atoms with van der Waals surface area (Å²) in [6.45, 7) is 0. The van der Waals surface area contributed by atoms with E-state index in [4.69, 9.17) is 44.4 Å². The quantitative estimate of drug-likeness (QED) is 0.379. The van der Waals surface area contributed by atoms with Crippen molar-refractivity contribution in [3.63, 3.8) is 0 Å². The van der Waals surface area contributed by atoms with Gasteiger partial charge >= 0.3 is 0 Å². The average Bonchev–Trinajstić information content (AvgIpc) is 2.70. The number of halogens is 3. The first-order chi connectivity index (χ1) is 14.2. The largest absolute Gasteiger partial charge is 0.455 e. The van der Waals surface area contributed by atoms with Crippen molar-refractivity contribution in [1.82, 2.24) is 0 Å². The summed E-state index contributed by atoms with van der Waals surface area (Å²) in [5.74, 6) is 0.208. The Balaban J connectivity index is 2.08. The fraction of sp³-hybridized carbons (Fsp3) is 0. The van der Waals surface area contributed by atoms with Crippen molar-refractivity contribution in [1.29, 1.82) is 0 Å². The van der Waals surface area contributed by atoms with Crippen LogP contribution < -0.4 is 10.6 Å². The Bertz CT molecular complexity index is 1460. The molecule has 0 aliphatic carbocycles. The summed E-state index contributed by atoms with van der Waals surface area (Å²) in [6, 6.07) is 15.4. The van der Waals surface area contributed by atoms with Crippen LogP contribution in [0.3, 0.4) is 0 Å². The maximum atomic E-state index is 13.4. The Hall–Kier alpha value is -2.35. The number of fused-ring (bicyclic) bond motifs is 1. The summed E-state index contributed by atoms with van der Waals surface area (Å²) in [4.78, 5) is 13.3. The number of para-hydroxylation sites is 1. The third-order valence-corrected chi connectivity index (χ3v) is 6.49. The predicted molar refractivity (Wildman–Crippen MR) is 120 cm³/mol. The number of benzene rings is 3. The SMILES string of the molecule is NS(=O)(=O)c1ccc(-c2oc3ccccc3c(=O)c2-c2cc(Cl)c(Cl)cc2Cl)cc1. The van der Waals surface area contributed by atoms with Gasteiger partial charge in [0.2, 0.25) is 15.5 Å². The molecule has 3 aromatic carbocycles. The monoisotopic (exact) mass is 479 g/mol. The van der Waals surface area contributed by atoms with Crippen LogP contribution >= 0.6 is 34.8 Å². The zero-order chi connectivity index (χ0) is 21.6. The van der Waals surface area contributed by atoms with Crippen molar-refractivity contribution in [2.75, 3.05) is 0 Å². The average molecular weight is 481 g/mol. The first kappa shape index (κ1) is 20.9. The van der Waals surface area contributed by atoms with E-state index in [1.807, 2.05) is 0 Å². The van der Waals surface area contributed by atoms with Crippen LogP contribution in [0.1, 0.15) is 0 Å². The van der Waals surface area contributed by atoms with Gasteiger partial charge in [0, 0.05) is 11.1 Å². The molecule has 30 heavy (non-hydrogen) atoms. The normalized spacial score (nSPS) is 11.7. The van der Waals surface area contributed by atoms with Crippen molar-refractivity contribution in [2.45, 2.75) is 4.90 Å². The van der Waals surface area contributed by atoms with Crippen LogP contribution in [0.15, 0.2) is 74.8 Å². The number of hydrogen-bond acceptors (Lipinski definition) is 4. The second kappa shape index (κ2) is 7.72. The molecule has 1 heterocycles. The molecule has 0 saturated heterocycles. The molecule has 0 saturated carbocycles. The van der Waals surface area contributed by atoms with E-state index < -0.39 is 10.0 Å². The fourth-order valence-electron chi connectivity index (χ4n) is 3.10. The Morgan fingerprint density at radius 2 is 1.47 bits per heavy atom. The van der Waals surface area contributed by atoms with E-state index in [-0.39, 0.29) is 36.7 Å². The van der Waals surface area contributed by atoms with Gasteiger partial charge in [0.15, 0.2) is 0 Å². The summed E-state index contributed by atoms with van der Waals surface area (Å²) >= 11 is 18.6. The smallest absolute Gasteiger partial charge is 0.238 e. The Labute approximate surface area is 186 Å². The summed E-state index contributed by atoms with van der Waals surface area (Å²) in [5, 5.41) is 6.21. The van der Waals surface area contributed by atoms with Crippen molar-refractivity contribution >= 4 is 55.8 Å². The molecule has 5 nitrogen and oxygen atoms in total. The minimum atomic E-state index is -3.87. The topological polar surface area (TPSA) is 90.4 Å². The van der Waals surface area contributed by atoms with E-state index in [9.17, 15) is 13.2 Å². The molecule has 0 aliphatic heterocycles. The lowest BCUT2D eigenvalue weighted by Crippen LogP contribution is -2.12. The molecule has 0 bridgehead atoms. The summed E-state index contributed by atoms with van der Waals surface area (Å²) in [7, 11) is -3.87. The third kappa shape index (κ3) is 3.73. The minimum Gasteiger partial charge on any atom is -0.455 e.